The number of allylic oxidation sites excluding steroid dienone is 1. The lowest BCUT2D eigenvalue weighted by atomic mass is 9.88. The number of halogens is 4. The van der Waals surface area contributed by atoms with Gasteiger partial charge in [-0.3, -0.25) is 24.0 Å². The van der Waals surface area contributed by atoms with Crippen LogP contribution in [0, 0.1) is 29.5 Å². The number of carbonyl (C=O) groups is 5. The predicted molar refractivity (Wildman–Crippen MR) is 195 cm³/mol. The van der Waals surface area contributed by atoms with Crippen LogP contribution in [0.15, 0.2) is 30.4 Å². The van der Waals surface area contributed by atoms with Crippen molar-refractivity contribution in [3.8, 4) is 0 Å². The van der Waals surface area contributed by atoms with Crippen molar-refractivity contribution in [2.45, 2.75) is 126 Å². The lowest BCUT2D eigenvalue weighted by Crippen LogP contribution is -2.59. The minimum atomic E-state index is -4.96. The molecule has 14 nitrogen and oxygen atoms in total. The molecule has 3 aliphatic heterocycles. The Bertz CT molecular complexity index is 1970. The molecule has 5 amide bonds. The first kappa shape index (κ1) is 42.2. The number of alkyl halides is 3. The predicted octanol–water partition coefficient (Wildman–Crippen LogP) is 4.90. The minimum absolute atomic E-state index is 0.0388. The van der Waals surface area contributed by atoms with Gasteiger partial charge in [0.25, 0.3) is 5.91 Å². The Hall–Kier alpha value is -4.42. The molecule has 4 N–H and O–H groups in total. The van der Waals surface area contributed by atoms with Crippen molar-refractivity contribution >= 4 is 39.9 Å². The summed E-state index contributed by atoms with van der Waals surface area (Å²) in [7, 11) is -4.13. The number of sulfonamides is 1. The van der Waals surface area contributed by atoms with E-state index < -0.39 is 104 Å². The molecule has 6 rings (SSSR count). The first-order valence-corrected chi connectivity index (χ1v) is 20.6. The van der Waals surface area contributed by atoms with Crippen LogP contribution in [-0.4, -0.2) is 93.9 Å². The molecular weight excluding hydrogens is 779 g/mol. The third kappa shape index (κ3) is 8.04. The molecule has 57 heavy (non-hydrogen) atoms. The fraction of sp³-hybridized carbons (Fsp3) is 0.658. The molecule has 3 heterocycles. The van der Waals surface area contributed by atoms with Gasteiger partial charge in [-0.1, -0.05) is 38.1 Å². The number of carbonyl (C=O) groups excluding carboxylic acids is 4. The normalized spacial score (nSPS) is 32.1. The van der Waals surface area contributed by atoms with Crippen molar-refractivity contribution in [2.24, 2.45) is 23.7 Å². The molecule has 3 fully saturated rings. The summed E-state index contributed by atoms with van der Waals surface area (Å²) in [4.78, 5) is 71.1. The maximum Gasteiger partial charge on any atom is 0.427 e. The van der Waals surface area contributed by atoms with Crippen molar-refractivity contribution in [3.63, 3.8) is 0 Å². The molecule has 314 valence electrons. The highest BCUT2D eigenvalue weighted by atomic mass is 32.2. The van der Waals surface area contributed by atoms with E-state index in [2.05, 4.69) is 15.4 Å². The highest BCUT2D eigenvalue weighted by molar-refractivity contribution is 7.91. The van der Waals surface area contributed by atoms with E-state index in [9.17, 15) is 50.7 Å². The lowest BCUT2D eigenvalue weighted by molar-refractivity contribution is -0.244. The molecule has 0 radical (unpaired) electrons. The average Bonchev–Trinajstić information content (AvgIpc) is 3.90. The molecule has 2 aliphatic carbocycles. The first-order valence-electron chi connectivity index (χ1n) is 19.1. The summed E-state index contributed by atoms with van der Waals surface area (Å²) < 4.78 is 88.3. The van der Waals surface area contributed by atoms with E-state index in [1.54, 1.807) is 19.1 Å². The molecule has 1 unspecified atom stereocenters. The fourth-order valence-corrected chi connectivity index (χ4v) is 9.72. The second-order valence-electron chi connectivity index (χ2n) is 17.2. The van der Waals surface area contributed by atoms with Gasteiger partial charge in [0, 0.05) is 23.9 Å². The van der Waals surface area contributed by atoms with E-state index >= 15 is 4.39 Å². The summed E-state index contributed by atoms with van der Waals surface area (Å²) in [6.07, 6.45) is -2.45. The number of amides is 5. The van der Waals surface area contributed by atoms with Gasteiger partial charge in [0.15, 0.2) is 0 Å². The Morgan fingerprint density at radius 1 is 1.09 bits per heavy atom. The van der Waals surface area contributed by atoms with Crippen molar-refractivity contribution in [1.82, 2.24) is 25.2 Å². The van der Waals surface area contributed by atoms with Gasteiger partial charge in [-0.2, -0.15) is 13.2 Å². The zero-order chi connectivity index (χ0) is 42.0. The number of nitrogens with zero attached hydrogens (tertiary/aromatic N) is 2. The Kier molecular flexibility index (Phi) is 10.9. The molecule has 8 atom stereocenters. The second-order valence-corrected chi connectivity index (χ2v) is 19.4. The van der Waals surface area contributed by atoms with Gasteiger partial charge in [0.1, 0.15) is 23.4 Å². The number of hydrogen-bond donors (Lipinski definition) is 4. The van der Waals surface area contributed by atoms with Crippen LogP contribution in [0.4, 0.5) is 27.2 Å². The van der Waals surface area contributed by atoms with Crippen LogP contribution < -0.4 is 15.4 Å². The number of benzene rings is 1. The molecule has 0 bridgehead atoms. The van der Waals surface area contributed by atoms with Gasteiger partial charge in [0.2, 0.25) is 27.4 Å². The SMILES string of the molecule is C[C@H]1CC/C=C\[C@@H]2C[C@@]2(C(=O)NS(=O)(=O)C2(C)CC2)NC(=O)[C@@H]2C[C@@H](C3c4cccc(F)c4CN3C(=O)O)CN2C(=O)[C@@H](NC(=O)OC(C)(C)C(F)(F)F)[C@H](C)C1. The van der Waals surface area contributed by atoms with Gasteiger partial charge in [-0.15, -0.1) is 0 Å². The van der Waals surface area contributed by atoms with Crippen LogP contribution in [0.5, 0.6) is 0 Å². The van der Waals surface area contributed by atoms with Crippen LogP contribution in [0.3, 0.4) is 0 Å². The van der Waals surface area contributed by atoms with Crippen LogP contribution >= 0.6 is 0 Å². The van der Waals surface area contributed by atoms with E-state index in [0.717, 1.165) is 9.80 Å². The number of rotatable bonds is 6. The van der Waals surface area contributed by atoms with Crippen LogP contribution in [0.1, 0.15) is 96.7 Å². The Morgan fingerprint density at radius 2 is 1.77 bits per heavy atom. The van der Waals surface area contributed by atoms with Crippen LogP contribution in [-0.2, 0) is 35.7 Å². The van der Waals surface area contributed by atoms with Gasteiger partial charge in [-0.25, -0.2) is 22.4 Å². The Balaban J connectivity index is 1.39. The molecule has 0 spiro atoms. The molecular formula is C38H49F4N5O9S. The quantitative estimate of drug-likeness (QED) is 0.228. The highest BCUT2D eigenvalue weighted by Crippen LogP contribution is 2.49. The van der Waals surface area contributed by atoms with E-state index in [1.165, 1.54) is 19.1 Å². The van der Waals surface area contributed by atoms with Gasteiger partial charge in [-0.05, 0) is 89.2 Å². The maximum absolute atomic E-state index is 15.0. The highest BCUT2D eigenvalue weighted by Gasteiger charge is 2.63. The number of hydrogen-bond acceptors (Lipinski definition) is 8. The van der Waals surface area contributed by atoms with Gasteiger partial charge < -0.3 is 25.4 Å². The summed E-state index contributed by atoms with van der Waals surface area (Å²) in [5.41, 5.74) is -4.21. The molecule has 1 saturated heterocycles. The summed E-state index contributed by atoms with van der Waals surface area (Å²) in [5, 5.41) is 15.3. The van der Waals surface area contributed by atoms with Crippen molar-refractivity contribution in [3.05, 3.63) is 47.3 Å². The Labute approximate surface area is 328 Å². The number of nitrogens with one attached hydrogen (secondary N) is 3. The molecule has 19 heteroatoms. The van der Waals surface area contributed by atoms with E-state index in [1.807, 2.05) is 13.0 Å². The molecule has 0 aromatic heterocycles. The molecule has 1 aromatic rings. The van der Waals surface area contributed by atoms with E-state index in [-0.39, 0.29) is 37.4 Å². The average molecular weight is 828 g/mol. The summed E-state index contributed by atoms with van der Waals surface area (Å²) in [6.45, 7) is 5.71. The van der Waals surface area contributed by atoms with E-state index in [4.69, 9.17) is 4.74 Å². The van der Waals surface area contributed by atoms with Crippen LogP contribution in [0.2, 0.25) is 0 Å². The van der Waals surface area contributed by atoms with E-state index in [0.29, 0.717) is 51.5 Å². The zero-order valence-corrected chi connectivity index (χ0v) is 33.1. The third-order valence-electron chi connectivity index (χ3n) is 12.5. The topological polar surface area (TPSA) is 192 Å². The monoisotopic (exact) mass is 827 g/mol. The third-order valence-corrected chi connectivity index (χ3v) is 14.6. The lowest BCUT2D eigenvalue weighted by Gasteiger charge is -2.34. The first-order chi connectivity index (χ1) is 26.4. The van der Waals surface area contributed by atoms with Crippen molar-refractivity contribution in [2.75, 3.05) is 6.54 Å². The van der Waals surface area contributed by atoms with Crippen molar-refractivity contribution < 1.29 is 59.8 Å². The largest absolute Gasteiger partial charge is 0.465 e. The summed E-state index contributed by atoms with van der Waals surface area (Å²) >= 11 is 0. The fourth-order valence-electron chi connectivity index (χ4n) is 8.41. The minimum Gasteiger partial charge on any atom is -0.465 e. The number of fused-ring (bicyclic) bond motifs is 3. The standard InChI is InChI=1S/C38H49F4N5O9S/c1-20-9-6-7-10-23-17-37(23,32(50)45-57(54,55)36(5)13-14-36)44-30(48)27-16-22(29-24-11-8-12-26(39)25(24)19-47(29)34(52)53)18-46(27)31(49)28(21(2)15-20)43-33(51)56-35(3,4)38(40,41)42/h7-8,10-12,20-23,27-29H,6,9,13-19H2,1-5H3,(H,43,51)(H,44,48)(H,45,50)(H,52,53)/b10-7-/t20-,21+,22+,23+,27-,28-,29?,37+/m0/s1. The summed E-state index contributed by atoms with van der Waals surface area (Å²) in [6, 6.07) is 0.143. The van der Waals surface area contributed by atoms with Crippen molar-refractivity contribution in [1.29, 1.82) is 0 Å². The number of ether oxygens (including phenoxy) is 1. The smallest absolute Gasteiger partial charge is 0.427 e. The van der Waals surface area contributed by atoms with Gasteiger partial charge >= 0.3 is 18.4 Å². The van der Waals surface area contributed by atoms with Crippen LogP contribution in [0.25, 0.3) is 0 Å². The zero-order valence-electron chi connectivity index (χ0n) is 32.3. The molecule has 1 aromatic carbocycles. The molecule has 5 aliphatic rings. The summed E-state index contributed by atoms with van der Waals surface area (Å²) in [5.74, 6) is -5.62. The number of carboxylic acid groups (broad SMARTS) is 1. The number of alkyl carbamates (subject to hydrolysis) is 1. The molecule has 2 saturated carbocycles. The Morgan fingerprint density at radius 3 is 2.40 bits per heavy atom. The van der Waals surface area contributed by atoms with Gasteiger partial charge in [0.05, 0.1) is 17.3 Å². The second kappa shape index (κ2) is 14.8. The maximum atomic E-state index is 15.0.